The molecular formula is C13H17BrN4S. The van der Waals surface area contributed by atoms with Crippen molar-refractivity contribution in [2.75, 3.05) is 13.1 Å². The van der Waals surface area contributed by atoms with Crippen LogP contribution in [0.1, 0.15) is 15.6 Å². The van der Waals surface area contributed by atoms with E-state index >= 15 is 0 Å². The highest BCUT2D eigenvalue weighted by molar-refractivity contribution is 9.10. The zero-order chi connectivity index (χ0) is 13.4. The summed E-state index contributed by atoms with van der Waals surface area (Å²) in [5, 5.41) is 5.48. The Morgan fingerprint density at radius 2 is 2.21 bits per heavy atom. The molecule has 102 valence electrons. The Morgan fingerprint density at radius 1 is 1.42 bits per heavy atom. The molecule has 1 fully saturated rings. The van der Waals surface area contributed by atoms with E-state index in [0.717, 1.165) is 36.6 Å². The van der Waals surface area contributed by atoms with Crippen LogP contribution in [0.3, 0.4) is 0 Å². The fourth-order valence-corrected chi connectivity index (χ4v) is 3.85. The minimum Gasteiger partial charge on any atom is -0.297 e. The maximum Gasteiger partial charge on any atom is 0.0900 e. The van der Waals surface area contributed by atoms with Gasteiger partial charge in [0.2, 0.25) is 0 Å². The predicted molar refractivity (Wildman–Crippen MR) is 80.3 cm³/mol. The molecule has 6 heteroatoms. The number of rotatable bonds is 4. The van der Waals surface area contributed by atoms with E-state index in [0.29, 0.717) is 0 Å². The Morgan fingerprint density at radius 3 is 2.79 bits per heavy atom. The highest BCUT2D eigenvalue weighted by Crippen LogP contribution is 2.25. The molecule has 2 aromatic heterocycles. The van der Waals surface area contributed by atoms with Crippen molar-refractivity contribution in [2.24, 2.45) is 5.92 Å². The number of hydrogen-bond acceptors (Lipinski definition) is 4. The Kier molecular flexibility index (Phi) is 3.73. The Balaban J connectivity index is 1.49. The average molecular weight is 341 g/mol. The van der Waals surface area contributed by atoms with Gasteiger partial charge in [-0.05, 0) is 29.8 Å². The summed E-state index contributed by atoms with van der Waals surface area (Å²) in [6.45, 7) is 8.58. The van der Waals surface area contributed by atoms with Crippen LogP contribution in [0, 0.1) is 19.8 Å². The normalized spacial score (nSPS) is 16.8. The summed E-state index contributed by atoms with van der Waals surface area (Å²) in [7, 11) is 0. The molecule has 0 bridgehead atoms. The van der Waals surface area contributed by atoms with Gasteiger partial charge in [0.1, 0.15) is 0 Å². The monoisotopic (exact) mass is 340 g/mol. The lowest BCUT2D eigenvalue weighted by molar-refractivity contribution is 0.0785. The van der Waals surface area contributed by atoms with Gasteiger partial charge >= 0.3 is 0 Å². The van der Waals surface area contributed by atoms with Gasteiger partial charge < -0.3 is 0 Å². The minimum atomic E-state index is 0.723. The smallest absolute Gasteiger partial charge is 0.0900 e. The standard InChI is InChI=1S/C13H17BrN4S/c1-9-13(19-10(2)16-9)8-17-4-11(5-17)6-18-7-12(14)3-15-18/h3,7,11H,4-6,8H2,1-2H3. The van der Waals surface area contributed by atoms with Gasteiger partial charge in [-0.25, -0.2) is 4.98 Å². The fraction of sp³-hybridized carbons (Fsp3) is 0.538. The zero-order valence-corrected chi connectivity index (χ0v) is 13.5. The van der Waals surface area contributed by atoms with Crippen molar-refractivity contribution in [3.05, 3.63) is 32.4 Å². The molecule has 1 aliphatic rings. The first-order valence-corrected chi connectivity index (χ1v) is 8.04. The maximum atomic E-state index is 4.48. The zero-order valence-electron chi connectivity index (χ0n) is 11.1. The lowest BCUT2D eigenvalue weighted by Gasteiger charge is -2.39. The molecule has 0 amide bonds. The Bertz CT molecular complexity index is 571. The Labute approximate surface area is 125 Å². The molecule has 1 saturated heterocycles. The lowest BCUT2D eigenvalue weighted by Crippen LogP contribution is -2.47. The minimum absolute atomic E-state index is 0.723. The number of likely N-dealkylation sites (tertiary alicyclic amines) is 1. The molecule has 19 heavy (non-hydrogen) atoms. The molecule has 4 nitrogen and oxygen atoms in total. The summed E-state index contributed by atoms with van der Waals surface area (Å²) in [6, 6.07) is 0. The van der Waals surface area contributed by atoms with E-state index in [9.17, 15) is 0 Å². The van der Waals surface area contributed by atoms with Crippen molar-refractivity contribution in [1.82, 2.24) is 19.7 Å². The van der Waals surface area contributed by atoms with Gasteiger partial charge in [0, 0.05) is 43.2 Å². The topological polar surface area (TPSA) is 34.0 Å². The average Bonchev–Trinajstić information content (AvgIpc) is 2.83. The number of aromatic nitrogens is 3. The summed E-state index contributed by atoms with van der Waals surface area (Å²) < 4.78 is 3.08. The molecule has 3 rings (SSSR count). The Hall–Kier alpha value is -0.720. The van der Waals surface area contributed by atoms with Crippen LogP contribution in [-0.2, 0) is 13.1 Å². The molecule has 1 aliphatic heterocycles. The molecule has 0 saturated carbocycles. The highest BCUT2D eigenvalue weighted by atomic mass is 79.9. The van der Waals surface area contributed by atoms with E-state index in [1.807, 2.05) is 28.4 Å². The van der Waals surface area contributed by atoms with Crippen LogP contribution >= 0.6 is 27.3 Å². The van der Waals surface area contributed by atoms with E-state index in [1.54, 1.807) is 0 Å². The van der Waals surface area contributed by atoms with Crippen LogP contribution in [-0.4, -0.2) is 32.8 Å². The van der Waals surface area contributed by atoms with Crippen LogP contribution < -0.4 is 0 Å². The van der Waals surface area contributed by atoms with Crippen molar-refractivity contribution in [3.8, 4) is 0 Å². The van der Waals surface area contributed by atoms with Crippen LogP contribution in [0.5, 0.6) is 0 Å². The molecule has 0 spiro atoms. The number of thiazole rings is 1. The van der Waals surface area contributed by atoms with Crippen molar-refractivity contribution >= 4 is 27.3 Å². The van der Waals surface area contributed by atoms with Crippen LogP contribution in [0.25, 0.3) is 0 Å². The van der Waals surface area contributed by atoms with E-state index in [-0.39, 0.29) is 0 Å². The number of halogens is 1. The third-order valence-electron chi connectivity index (χ3n) is 3.45. The van der Waals surface area contributed by atoms with Gasteiger partial charge in [-0.15, -0.1) is 11.3 Å². The first-order chi connectivity index (χ1) is 9.10. The molecule has 3 heterocycles. The predicted octanol–water partition coefficient (Wildman–Crippen LogP) is 2.85. The molecule has 0 radical (unpaired) electrons. The van der Waals surface area contributed by atoms with E-state index in [4.69, 9.17) is 0 Å². The first kappa shape index (κ1) is 13.3. The van der Waals surface area contributed by atoms with Crippen molar-refractivity contribution in [2.45, 2.75) is 26.9 Å². The third-order valence-corrected chi connectivity index (χ3v) is 4.91. The second-order valence-electron chi connectivity index (χ2n) is 5.18. The largest absolute Gasteiger partial charge is 0.297 e. The van der Waals surface area contributed by atoms with Gasteiger partial charge in [-0.1, -0.05) is 0 Å². The maximum absolute atomic E-state index is 4.48. The SMILES string of the molecule is Cc1nc(C)c(CN2CC(Cn3cc(Br)cn3)C2)s1. The van der Waals surface area contributed by atoms with E-state index < -0.39 is 0 Å². The molecular weight excluding hydrogens is 324 g/mol. The number of hydrogen-bond donors (Lipinski definition) is 0. The van der Waals surface area contributed by atoms with Gasteiger partial charge in [-0.3, -0.25) is 9.58 Å². The summed E-state index contributed by atoms with van der Waals surface area (Å²) in [5.41, 5.74) is 1.20. The number of aryl methyl sites for hydroxylation is 2. The molecule has 0 atom stereocenters. The van der Waals surface area contributed by atoms with Crippen molar-refractivity contribution < 1.29 is 0 Å². The van der Waals surface area contributed by atoms with Gasteiger partial charge in [-0.2, -0.15) is 5.10 Å². The van der Waals surface area contributed by atoms with Crippen LogP contribution in [0.2, 0.25) is 0 Å². The molecule has 0 aromatic carbocycles. The van der Waals surface area contributed by atoms with Gasteiger partial charge in [0.15, 0.2) is 0 Å². The quantitative estimate of drug-likeness (QED) is 0.858. The lowest BCUT2D eigenvalue weighted by atomic mass is 10.0. The first-order valence-electron chi connectivity index (χ1n) is 6.43. The van der Waals surface area contributed by atoms with Crippen molar-refractivity contribution in [3.63, 3.8) is 0 Å². The number of nitrogens with zero attached hydrogens (tertiary/aromatic N) is 4. The van der Waals surface area contributed by atoms with Gasteiger partial charge in [0.25, 0.3) is 0 Å². The third kappa shape index (κ3) is 3.07. The van der Waals surface area contributed by atoms with E-state index in [1.165, 1.54) is 15.6 Å². The molecule has 2 aromatic rings. The fourth-order valence-electron chi connectivity index (χ4n) is 2.55. The highest BCUT2D eigenvalue weighted by Gasteiger charge is 2.27. The molecule has 0 N–H and O–H groups in total. The molecule has 0 aliphatic carbocycles. The van der Waals surface area contributed by atoms with Gasteiger partial charge in [0.05, 0.1) is 21.4 Å². The van der Waals surface area contributed by atoms with Crippen LogP contribution in [0.4, 0.5) is 0 Å². The molecule has 0 unspecified atom stereocenters. The summed E-state index contributed by atoms with van der Waals surface area (Å²) in [4.78, 5) is 8.39. The second kappa shape index (κ2) is 5.34. The van der Waals surface area contributed by atoms with Crippen molar-refractivity contribution in [1.29, 1.82) is 0 Å². The van der Waals surface area contributed by atoms with E-state index in [2.05, 4.69) is 44.8 Å². The van der Waals surface area contributed by atoms with Crippen LogP contribution in [0.15, 0.2) is 16.9 Å². The summed E-state index contributed by atoms with van der Waals surface area (Å²) >= 11 is 5.25. The second-order valence-corrected chi connectivity index (χ2v) is 7.39. The summed E-state index contributed by atoms with van der Waals surface area (Å²) in [6.07, 6.45) is 3.89. The summed E-state index contributed by atoms with van der Waals surface area (Å²) in [5.74, 6) is 0.723.